The Morgan fingerprint density at radius 3 is 2.52 bits per heavy atom. The van der Waals surface area contributed by atoms with Crippen LogP contribution in [-0.4, -0.2) is 28.0 Å². The van der Waals surface area contributed by atoms with Gasteiger partial charge in [0.25, 0.3) is 0 Å². The van der Waals surface area contributed by atoms with Crippen LogP contribution in [0.3, 0.4) is 0 Å². The molecule has 0 saturated heterocycles. The van der Waals surface area contributed by atoms with Gasteiger partial charge in [0.1, 0.15) is 5.75 Å². The molecular formula is C19H23ClN2O4S. The molecule has 0 unspecified atom stereocenters. The molecule has 0 radical (unpaired) electrons. The third-order valence-electron chi connectivity index (χ3n) is 3.98. The number of carbonyl (C=O) groups excluding carboxylic acids is 1. The monoisotopic (exact) mass is 410 g/mol. The van der Waals surface area contributed by atoms with Crippen LogP contribution in [0.15, 0.2) is 41.3 Å². The number of nitrogens with one attached hydrogen (secondary N) is 2. The Morgan fingerprint density at radius 1 is 1.11 bits per heavy atom. The summed E-state index contributed by atoms with van der Waals surface area (Å²) in [4.78, 5) is 12.2. The summed E-state index contributed by atoms with van der Waals surface area (Å²) in [6.45, 7) is 3.99. The van der Waals surface area contributed by atoms with Crippen LogP contribution < -0.4 is 14.8 Å². The van der Waals surface area contributed by atoms with Crippen molar-refractivity contribution < 1.29 is 17.9 Å². The van der Waals surface area contributed by atoms with Gasteiger partial charge in [-0.1, -0.05) is 17.7 Å². The van der Waals surface area contributed by atoms with E-state index in [-0.39, 0.29) is 17.2 Å². The normalized spacial score (nSPS) is 11.3. The molecule has 0 fully saturated rings. The van der Waals surface area contributed by atoms with E-state index in [2.05, 4.69) is 10.0 Å². The third-order valence-corrected chi connectivity index (χ3v) is 5.96. The molecule has 0 aliphatic carbocycles. The average Bonchev–Trinajstić information content (AvgIpc) is 2.63. The van der Waals surface area contributed by atoms with Gasteiger partial charge in [-0.25, -0.2) is 13.1 Å². The van der Waals surface area contributed by atoms with Gasteiger partial charge in [0.2, 0.25) is 15.9 Å². The number of hydrogen-bond acceptors (Lipinski definition) is 4. The minimum Gasteiger partial charge on any atom is -0.494 e. The Morgan fingerprint density at radius 2 is 1.85 bits per heavy atom. The lowest BCUT2D eigenvalue weighted by Gasteiger charge is -2.11. The summed E-state index contributed by atoms with van der Waals surface area (Å²) in [7, 11) is -2.23. The lowest BCUT2D eigenvalue weighted by molar-refractivity contribution is -0.116. The van der Waals surface area contributed by atoms with Crippen LogP contribution in [0.2, 0.25) is 5.02 Å². The zero-order valence-corrected chi connectivity index (χ0v) is 17.1. The standard InChI is InChI=1S/C19H23ClN2O4S/c1-13-6-7-15(12-18(13)27(24,25)21-3)22-19(23)5-4-10-26-16-8-9-17(20)14(2)11-16/h6-9,11-12,21H,4-5,10H2,1-3H3,(H,22,23). The number of aryl methyl sites for hydroxylation is 2. The third kappa shape index (κ3) is 5.95. The first kappa shape index (κ1) is 21.2. The fourth-order valence-corrected chi connectivity index (χ4v) is 3.54. The van der Waals surface area contributed by atoms with Crippen LogP contribution in [0, 0.1) is 13.8 Å². The van der Waals surface area contributed by atoms with E-state index in [1.165, 1.54) is 13.1 Å². The number of ether oxygens (including phenoxy) is 1. The van der Waals surface area contributed by atoms with Crippen LogP contribution in [0.4, 0.5) is 5.69 Å². The number of halogens is 1. The predicted octanol–water partition coefficient (Wildman–Crippen LogP) is 3.66. The second-order valence-electron chi connectivity index (χ2n) is 6.10. The Hall–Kier alpha value is -2.09. The number of anilines is 1. The highest BCUT2D eigenvalue weighted by Gasteiger charge is 2.15. The second-order valence-corrected chi connectivity index (χ2v) is 8.36. The number of benzene rings is 2. The fraction of sp³-hybridized carbons (Fsp3) is 0.316. The summed E-state index contributed by atoms with van der Waals surface area (Å²) in [5.41, 5.74) is 1.97. The van der Waals surface area contributed by atoms with Crippen LogP contribution >= 0.6 is 11.6 Å². The van der Waals surface area contributed by atoms with E-state index < -0.39 is 10.0 Å². The summed E-state index contributed by atoms with van der Waals surface area (Å²) in [5.74, 6) is 0.500. The van der Waals surface area contributed by atoms with Crippen molar-refractivity contribution in [1.82, 2.24) is 4.72 Å². The SMILES string of the molecule is CNS(=O)(=O)c1cc(NC(=O)CCCOc2ccc(Cl)c(C)c2)ccc1C. The van der Waals surface area contributed by atoms with Crippen molar-refractivity contribution in [3.8, 4) is 5.75 Å². The predicted molar refractivity (Wildman–Crippen MR) is 107 cm³/mol. The van der Waals surface area contributed by atoms with Gasteiger partial charge >= 0.3 is 0 Å². The minimum atomic E-state index is -3.58. The molecular weight excluding hydrogens is 388 g/mol. The molecule has 146 valence electrons. The lowest BCUT2D eigenvalue weighted by Crippen LogP contribution is -2.20. The molecule has 0 spiro atoms. The Labute approximate surface area is 164 Å². The highest BCUT2D eigenvalue weighted by Crippen LogP contribution is 2.22. The molecule has 1 amide bonds. The molecule has 2 rings (SSSR count). The van der Waals surface area contributed by atoms with Crippen molar-refractivity contribution in [2.24, 2.45) is 0 Å². The zero-order valence-electron chi connectivity index (χ0n) is 15.5. The van der Waals surface area contributed by atoms with Crippen LogP contribution in [0.25, 0.3) is 0 Å². The van der Waals surface area contributed by atoms with Crippen molar-refractivity contribution in [2.45, 2.75) is 31.6 Å². The van der Waals surface area contributed by atoms with Crippen molar-refractivity contribution in [1.29, 1.82) is 0 Å². The maximum Gasteiger partial charge on any atom is 0.240 e. The molecule has 0 aliphatic heterocycles. The van der Waals surface area contributed by atoms with Gasteiger partial charge in [0, 0.05) is 17.1 Å². The molecule has 0 atom stereocenters. The molecule has 2 aromatic rings. The Balaban J connectivity index is 1.87. The van der Waals surface area contributed by atoms with E-state index in [4.69, 9.17) is 16.3 Å². The van der Waals surface area contributed by atoms with E-state index in [0.29, 0.717) is 35.1 Å². The van der Waals surface area contributed by atoms with Gasteiger partial charge in [-0.2, -0.15) is 0 Å². The Bertz CT molecular complexity index is 929. The van der Waals surface area contributed by atoms with E-state index in [0.717, 1.165) is 5.56 Å². The number of hydrogen-bond donors (Lipinski definition) is 2. The van der Waals surface area contributed by atoms with Gasteiger partial charge in [0.05, 0.1) is 11.5 Å². The van der Waals surface area contributed by atoms with Crippen molar-refractivity contribution >= 4 is 33.2 Å². The van der Waals surface area contributed by atoms with Crippen molar-refractivity contribution in [3.05, 3.63) is 52.5 Å². The number of sulfonamides is 1. The number of amides is 1. The molecule has 2 aromatic carbocycles. The maximum absolute atomic E-state index is 12.1. The van der Waals surface area contributed by atoms with Gasteiger partial charge in [-0.05, 0) is 68.8 Å². The largest absolute Gasteiger partial charge is 0.494 e. The van der Waals surface area contributed by atoms with E-state index in [1.807, 2.05) is 13.0 Å². The Kier molecular flexibility index (Phi) is 7.24. The number of carbonyl (C=O) groups is 1. The smallest absolute Gasteiger partial charge is 0.240 e. The topological polar surface area (TPSA) is 84.5 Å². The van der Waals surface area contributed by atoms with Gasteiger partial charge < -0.3 is 10.1 Å². The summed E-state index contributed by atoms with van der Waals surface area (Å²) in [6.07, 6.45) is 0.787. The molecule has 0 bridgehead atoms. The van der Waals surface area contributed by atoms with Gasteiger partial charge in [-0.3, -0.25) is 4.79 Å². The molecule has 0 aliphatic rings. The number of rotatable bonds is 8. The quantitative estimate of drug-likeness (QED) is 0.650. The molecule has 0 heterocycles. The van der Waals surface area contributed by atoms with Gasteiger partial charge in [-0.15, -0.1) is 0 Å². The van der Waals surface area contributed by atoms with Gasteiger partial charge in [0.15, 0.2) is 0 Å². The second kappa shape index (κ2) is 9.21. The highest BCUT2D eigenvalue weighted by molar-refractivity contribution is 7.89. The van der Waals surface area contributed by atoms with Crippen molar-refractivity contribution in [3.63, 3.8) is 0 Å². The lowest BCUT2D eigenvalue weighted by atomic mass is 10.2. The first-order valence-electron chi connectivity index (χ1n) is 8.46. The molecule has 0 saturated carbocycles. The summed E-state index contributed by atoms with van der Waals surface area (Å²) < 4.78 is 31.9. The summed E-state index contributed by atoms with van der Waals surface area (Å²) in [5, 5.41) is 3.40. The molecule has 8 heteroatoms. The fourth-order valence-electron chi connectivity index (χ4n) is 2.43. The highest BCUT2D eigenvalue weighted by atomic mass is 35.5. The first-order chi connectivity index (χ1) is 12.7. The minimum absolute atomic E-state index is 0.143. The zero-order chi connectivity index (χ0) is 20.0. The molecule has 2 N–H and O–H groups in total. The average molecular weight is 411 g/mol. The molecule has 6 nitrogen and oxygen atoms in total. The van der Waals surface area contributed by atoms with E-state index in [1.54, 1.807) is 31.2 Å². The maximum atomic E-state index is 12.1. The molecule has 0 aromatic heterocycles. The van der Waals surface area contributed by atoms with Crippen molar-refractivity contribution in [2.75, 3.05) is 19.0 Å². The summed E-state index contributed by atoms with van der Waals surface area (Å²) >= 11 is 5.97. The summed E-state index contributed by atoms with van der Waals surface area (Å²) in [6, 6.07) is 10.2. The first-order valence-corrected chi connectivity index (χ1v) is 10.3. The van der Waals surface area contributed by atoms with Crippen LogP contribution in [0.1, 0.15) is 24.0 Å². The molecule has 27 heavy (non-hydrogen) atoms. The van der Waals surface area contributed by atoms with E-state index >= 15 is 0 Å². The van der Waals surface area contributed by atoms with Crippen LogP contribution in [-0.2, 0) is 14.8 Å². The van der Waals surface area contributed by atoms with E-state index in [9.17, 15) is 13.2 Å². The van der Waals surface area contributed by atoms with Crippen LogP contribution in [0.5, 0.6) is 5.75 Å².